The van der Waals surface area contributed by atoms with Crippen LogP contribution in [-0.2, 0) is 28.8 Å². The van der Waals surface area contributed by atoms with Gasteiger partial charge in [0.1, 0.15) is 0 Å². The molecule has 0 spiro atoms. The fraction of sp³-hybridized carbons (Fsp3) is 0.500. The number of hydrogen-bond donors (Lipinski definition) is 6. The second kappa shape index (κ2) is 16.2. The first kappa shape index (κ1) is 25.8. The summed E-state index contributed by atoms with van der Waals surface area (Å²) >= 11 is 0. The maximum Gasteiger partial charge on any atom is 0.303 e. The highest BCUT2D eigenvalue weighted by molar-refractivity contribution is 5.76. The number of hydrogen-bond acceptors (Lipinski definition) is 6. The molecule has 138 valence electrons. The van der Waals surface area contributed by atoms with Crippen LogP contribution in [0.1, 0.15) is 38.5 Å². The van der Waals surface area contributed by atoms with E-state index < -0.39 is 35.8 Å². The molecule has 12 nitrogen and oxygen atoms in total. The van der Waals surface area contributed by atoms with Crippen molar-refractivity contribution >= 4 is 35.8 Å². The zero-order chi connectivity index (χ0) is 19.7. The highest BCUT2D eigenvalue weighted by Gasteiger charge is 2.01. The topological polar surface area (TPSA) is 224 Å². The van der Waals surface area contributed by atoms with Gasteiger partial charge in [0.25, 0.3) is 0 Å². The van der Waals surface area contributed by atoms with E-state index >= 15 is 0 Å². The molecule has 0 amide bonds. The van der Waals surface area contributed by atoms with Crippen LogP contribution in [0.25, 0.3) is 0 Å². The van der Waals surface area contributed by atoms with Crippen LogP contribution in [0, 0.1) is 0 Å². The van der Waals surface area contributed by atoms with Crippen LogP contribution in [-0.4, -0.2) is 66.5 Å². The molecule has 0 atom stereocenters. The van der Waals surface area contributed by atoms with Gasteiger partial charge in [0.2, 0.25) is 0 Å². The van der Waals surface area contributed by atoms with E-state index in [2.05, 4.69) is 0 Å². The van der Waals surface area contributed by atoms with Crippen LogP contribution in [0.3, 0.4) is 0 Å². The van der Waals surface area contributed by atoms with Gasteiger partial charge in [0.05, 0.1) is 38.5 Å². The minimum Gasteiger partial charge on any atom is -0.481 e. The van der Waals surface area contributed by atoms with E-state index in [1.807, 2.05) is 0 Å². The molecule has 0 bridgehead atoms. The van der Waals surface area contributed by atoms with E-state index in [1.54, 1.807) is 0 Å². The molecule has 0 heterocycles. The molecule has 0 radical (unpaired) electrons. The molecule has 0 rings (SSSR count). The van der Waals surface area contributed by atoms with Crippen molar-refractivity contribution in [2.24, 2.45) is 0 Å². The van der Waals surface area contributed by atoms with E-state index in [-0.39, 0.29) is 38.5 Å². The van der Waals surface area contributed by atoms with Crippen molar-refractivity contribution < 1.29 is 59.4 Å². The van der Waals surface area contributed by atoms with E-state index in [4.69, 9.17) is 30.6 Å². The lowest BCUT2D eigenvalue weighted by Gasteiger charge is -1.85. The third kappa shape index (κ3) is 42.8. The second-order valence-corrected chi connectivity index (χ2v) is 3.86. The summed E-state index contributed by atoms with van der Waals surface area (Å²) in [5.41, 5.74) is 0. The normalized spacial score (nSPS) is 8.50. The predicted molar refractivity (Wildman–Crippen MR) is 73.5 cm³/mol. The molecule has 0 fully saturated rings. The van der Waals surface area contributed by atoms with Crippen LogP contribution < -0.4 is 0 Å². The molecular weight excluding hydrogens is 336 g/mol. The zero-order valence-corrected chi connectivity index (χ0v) is 12.4. The molecule has 0 aromatic carbocycles. The van der Waals surface area contributed by atoms with Gasteiger partial charge in [-0.25, -0.2) is 0 Å². The quantitative estimate of drug-likeness (QED) is 0.317. The highest BCUT2D eigenvalue weighted by Crippen LogP contribution is 1.87. The van der Waals surface area contributed by atoms with Crippen molar-refractivity contribution in [1.82, 2.24) is 0 Å². The second-order valence-electron chi connectivity index (χ2n) is 3.86. The van der Waals surface area contributed by atoms with Crippen molar-refractivity contribution in [3.05, 3.63) is 0 Å². The Morgan fingerprint density at radius 2 is 0.417 bits per heavy atom. The molecule has 0 aliphatic heterocycles. The van der Waals surface area contributed by atoms with Crippen LogP contribution >= 0.6 is 0 Å². The maximum absolute atomic E-state index is 9.64. The molecule has 6 N–H and O–H groups in total. The molecule has 0 aromatic rings. The summed E-state index contributed by atoms with van der Waals surface area (Å²) in [4.78, 5) is 57.8. The minimum atomic E-state index is -1.08. The van der Waals surface area contributed by atoms with Gasteiger partial charge in [0, 0.05) is 0 Å². The Kier molecular flexibility index (Phi) is 17.4. The first-order valence-electron chi connectivity index (χ1n) is 6.19. The van der Waals surface area contributed by atoms with Gasteiger partial charge in [-0.05, 0) is 0 Å². The summed E-state index contributed by atoms with van der Waals surface area (Å²) in [5, 5.41) is 47.4. The molecule has 0 aliphatic rings. The largest absolute Gasteiger partial charge is 0.481 e. The number of carboxylic acid groups (broad SMARTS) is 6. The van der Waals surface area contributed by atoms with E-state index in [0.29, 0.717) is 0 Å². The van der Waals surface area contributed by atoms with Crippen LogP contribution in [0.2, 0.25) is 0 Å². The number of aliphatic carboxylic acids is 6. The van der Waals surface area contributed by atoms with Gasteiger partial charge in [-0.2, -0.15) is 0 Å². The maximum atomic E-state index is 9.64. The van der Waals surface area contributed by atoms with Crippen molar-refractivity contribution in [2.75, 3.05) is 0 Å². The molecule has 0 unspecified atom stereocenters. The summed E-state index contributed by atoms with van der Waals surface area (Å²) in [5.74, 6) is -6.46. The molecule has 12 heteroatoms. The summed E-state index contributed by atoms with van der Waals surface area (Å²) in [6.07, 6.45) is -1.78. The Labute approximate surface area is 134 Å². The Bertz CT molecular complexity index is 344. The first-order chi connectivity index (χ1) is 10.9. The number of carboxylic acids is 6. The lowest BCUT2D eigenvalue weighted by molar-refractivity contribution is -0.143. The number of carbonyl (C=O) groups is 6. The minimum absolute atomic E-state index is 0.296. The van der Waals surface area contributed by atoms with Crippen molar-refractivity contribution in [1.29, 1.82) is 0 Å². The Morgan fingerprint density at radius 3 is 0.458 bits per heavy atom. The Morgan fingerprint density at radius 1 is 0.333 bits per heavy atom. The SMILES string of the molecule is O=C(O)CCC(=O)O.O=C(O)CCC(=O)O.O=C(O)CCC(=O)O. The summed E-state index contributed by atoms with van der Waals surface area (Å²) in [6, 6.07) is 0. The monoisotopic (exact) mass is 354 g/mol. The standard InChI is InChI=1S/3C4H6O4/c3*5-3(6)1-2-4(7)8/h3*1-2H2,(H,5,6)(H,7,8). The predicted octanol–water partition coefficient (Wildman–Crippen LogP) is -0.193. The zero-order valence-electron chi connectivity index (χ0n) is 12.4. The van der Waals surface area contributed by atoms with Gasteiger partial charge >= 0.3 is 35.8 Å². The first-order valence-corrected chi connectivity index (χ1v) is 6.19. The van der Waals surface area contributed by atoms with Gasteiger partial charge in [-0.3, -0.25) is 28.8 Å². The van der Waals surface area contributed by atoms with Crippen molar-refractivity contribution in [3.8, 4) is 0 Å². The molecular formula is C12H18O12. The van der Waals surface area contributed by atoms with E-state index in [0.717, 1.165) is 0 Å². The number of rotatable bonds is 9. The molecule has 24 heavy (non-hydrogen) atoms. The van der Waals surface area contributed by atoms with Gasteiger partial charge in [-0.1, -0.05) is 0 Å². The average Bonchev–Trinajstić information content (AvgIpc) is 2.42. The molecule has 0 aromatic heterocycles. The molecule has 0 aliphatic carbocycles. The smallest absolute Gasteiger partial charge is 0.303 e. The van der Waals surface area contributed by atoms with Crippen LogP contribution in [0.4, 0.5) is 0 Å². The summed E-state index contributed by atoms with van der Waals surface area (Å²) in [6.45, 7) is 0. The third-order valence-electron chi connectivity index (χ3n) is 1.66. The third-order valence-corrected chi connectivity index (χ3v) is 1.66. The highest BCUT2D eigenvalue weighted by atomic mass is 16.4. The summed E-state index contributed by atoms with van der Waals surface area (Å²) in [7, 11) is 0. The fourth-order valence-corrected chi connectivity index (χ4v) is 0.642. The Hall–Kier alpha value is -3.18. The van der Waals surface area contributed by atoms with Gasteiger partial charge in [-0.15, -0.1) is 0 Å². The lowest BCUT2D eigenvalue weighted by atomic mass is 10.3. The summed E-state index contributed by atoms with van der Waals surface area (Å²) < 4.78 is 0. The lowest BCUT2D eigenvalue weighted by Crippen LogP contribution is -2.00. The Balaban J connectivity index is -0.000000276. The molecule has 0 saturated carbocycles. The van der Waals surface area contributed by atoms with Gasteiger partial charge < -0.3 is 30.6 Å². The van der Waals surface area contributed by atoms with Crippen molar-refractivity contribution in [3.63, 3.8) is 0 Å². The van der Waals surface area contributed by atoms with E-state index in [9.17, 15) is 28.8 Å². The van der Waals surface area contributed by atoms with Crippen LogP contribution in [0.5, 0.6) is 0 Å². The fourth-order valence-electron chi connectivity index (χ4n) is 0.642. The van der Waals surface area contributed by atoms with Crippen molar-refractivity contribution in [2.45, 2.75) is 38.5 Å². The average molecular weight is 354 g/mol. The van der Waals surface area contributed by atoms with E-state index in [1.165, 1.54) is 0 Å². The van der Waals surface area contributed by atoms with Gasteiger partial charge in [0.15, 0.2) is 0 Å². The van der Waals surface area contributed by atoms with Crippen LogP contribution in [0.15, 0.2) is 0 Å². The molecule has 0 saturated heterocycles.